The van der Waals surface area contributed by atoms with Crippen molar-refractivity contribution in [1.82, 2.24) is 15.2 Å². The molecule has 11 heteroatoms. The van der Waals surface area contributed by atoms with Gasteiger partial charge in [0, 0.05) is 12.2 Å². The SMILES string of the molecule is CC(C)(C)OC(=O)N[C@H]1COCC[C@H]1Nc1nc(CCc2ccccc2)c2c(c1F)CN(C(=O)OC(C)(C)C)C2=O. The molecule has 2 aliphatic rings. The van der Waals surface area contributed by atoms with E-state index in [2.05, 4.69) is 15.6 Å². The Balaban J connectivity index is 1.64. The first-order valence-corrected chi connectivity index (χ1v) is 13.9. The number of fused-ring (bicyclic) bond motifs is 1. The van der Waals surface area contributed by atoms with Gasteiger partial charge >= 0.3 is 12.2 Å². The number of pyridine rings is 1. The van der Waals surface area contributed by atoms with E-state index in [9.17, 15) is 14.4 Å². The first-order chi connectivity index (χ1) is 19.2. The summed E-state index contributed by atoms with van der Waals surface area (Å²) in [4.78, 5) is 44.2. The molecule has 2 N–H and O–H groups in total. The van der Waals surface area contributed by atoms with Crippen LogP contribution < -0.4 is 10.6 Å². The highest BCUT2D eigenvalue weighted by atomic mass is 19.1. The molecule has 10 nitrogen and oxygen atoms in total. The Morgan fingerprint density at radius 3 is 2.39 bits per heavy atom. The molecule has 3 amide bonds. The number of anilines is 1. The zero-order chi connectivity index (χ0) is 29.9. The van der Waals surface area contributed by atoms with Crippen LogP contribution in [0.1, 0.15) is 75.1 Å². The van der Waals surface area contributed by atoms with E-state index in [0.29, 0.717) is 31.6 Å². The van der Waals surface area contributed by atoms with Gasteiger partial charge in [0.25, 0.3) is 5.91 Å². The van der Waals surface area contributed by atoms with Crippen LogP contribution >= 0.6 is 0 Å². The predicted octanol–water partition coefficient (Wildman–Crippen LogP) is 4.99. The first-order valence-electron chi connectivity index (χ1n) is 13.9. The van der Waals surface area contributed by atoms with Crippen molar-refractivity contribution >= 4 is 23.9 Å². The van der Waals surface area contributed by atoms with Gasteiger partial charge in [0.2, 0.25) is 0 Å². The van der Waals surface area contributed by atoms with E-state index in [1.807, 2.05) is 30.3 Å². The maximum Gasteiger partial charge on any atom is 0.417 e. The highest BCUT2D eigenvalue weighted by Gasteiger charge is 2.40. The molecule has 222 valence electrons. The number of benzene rings is 1. The van der Waals surface area contributed by atoms with Crippen LogP contribution in [0.5, 0.6) is 0 Å². The van der Waals surface area contributed by atoms with Gasteiger partial charge in [-0.3, -0.25) is 4.79 Å². The number of hydrogen-bond acceptors (Lipinski definition) is 8. The molecule has 0 unspecified atom stereocenters. The van der Waals surface area contributed by atoms with Crippen molar-refractivity contribution in [2.45, 2.75) is 90.6 Å². The second-order valence-corrected chi connectivity index (χ2v) is 12.3. The lowest BCUT2D eigenvalue weighted by Gasteiger charge is -2.33. The van der Waals surface area contributed by atoms with Crippen LogP contribution in [-0.2, 0) is 33.6 Å². The summed E-state index contributed by atoms with van der Waals surface area (Å²) in [6, 6.07) is 8.75. The molecule has 2 atom stereocenters. The predicted molar refractivity (Wildman–Crippen MR) is 150 cm³/mol. The van der Waals surface area contributed by atoms with Crippen LogP contribution in [-0.4, -0.2) is 64.5 Å². The Morgan fingerprint density at radius 2 is 1.73 bits per heavy atom. The highest BCUT2D eigenvalue weighted by molar-refractivity contribution is 6.07. The smallest absolute Gasteiger partial charge is 0.417 e. The van der Waals surface area contributed by atoms with Crippen molar-refractivity contribution in [1.29, 1.82) is 0 Å². The van der Waals surface area contributed by atoms with Crippen molar-refractivity contribution in [3.63, 3.8) is 0 Å². The molecule has 0 radical (unpaired) electrons. The lowest BCUT2D eigenvalue weighted by molar-refractivity contribution is 0.0246. The van der Waals surface area contributed by atoms with Gasteiger partial charge in [-0.15, -0.1) is 0 Å². The van der Waals surface area contributed by atoms with E-state index in [4.69, 9.17) is 14.2 Å². The summed E-state index contributed by atoms with van der Waals surface area (Å²) < 4.78 is 32.4. The largest absolute Gasteiger partial charge is 0.444 e. The summed E-state index contributed by atoms with van der Waals surface area (Å²) in [6.45, 7) is 10.7. The molecular formula is C30H39FN4O6. The molecule has 1 saturated heterocycles. The quantitative estimate of drug-likeness (QED) is 0.499. The number of rotatable bonds is 6. The Bertz CT molecular complexity index is 1290. The number of alkyl carbamates (subject to hydrolysis) is 1. The Morgan fingerprint density at radius 1 is 1.05 bits per heavy atom. The molecule has 0 aliphatic carbocycles. The van der Waals surface area contributed by atoms with Crippen molar-refractivity contribution in [2.24, 2.45) is 0 Å². The number of aromatic nitrogens is 1. The highest BCUT2D eigenvalue weighted by Crippen LogP contribution is 2.33. The van der Waals surface area contributed by atoms with E-state index >= 15 is 4.39 Å². The molecule has 1 aromatic carbocycles. The number of ether oxygens (including phenoxy) is 3. The number of nitrogens with zero attached hydrogens (tertiary/aromatic N) is 2. The van der Waals surface area contributed by atoms with Crippen LogP contribution in [0.2, 0.25) is 0 Å². The van der Waals surface area contributed by atoms with Gasteiger partial charge < -0.3 is 24.8 Å². The summed E-state index contributed by atoms with van der Waals surface area (Å²) >= 11 is 0. The summed E-state index contributed by atoms with van der Waals surface area (Å²) in [6.07, 6.45) is -0.0636. The molecule has 0 bridgehead atoms. The topological polar surface area (TPSA) is 119 Å². The minimum Gasteiger partial charge on any atom is -0.444 e. The van der Waals surface area contributed by atoms with Crippen molar-refractivity contribution in [2.75, 3.05) is 18.5 Å². The van der Waals surface area contributed by atoms with E-state index in [1.54, 1.807) is 41.5 Å². The summed E-state index contributed by atoms with van der Waals surface area (Å²) in [7, 11) is 0. The fourth-order valence-corrected chi connectivity index (χ4v) is 4.77. The minimum absolute atomic E-state index is 0.0476. The first kappa shape index (κ1) is 30.2. The maximum absolute atomic E-state index is 16.0. The average Bonchev–Trinajstić information content (AvgIpc) is 3.22. The van der Waals surface area contributed by atoms with Gasteiger partial charge in [-0.1, -0.05) is 30.3 Å². The third-order valence-corrected chi connectivity index (χ3v) is 6.57. The molecule has 0 spiro atoms. The molecule has 41 heavy (non-hydrogen) atoms. The minimum atomic E-state index is -0.840. The summed E-state index contributed by atoms with van der Waals surface area (Å²) in [5, 5.41) is 5.96. The number of aryl methyl sites for hydroxylation is 2. The van der Waals surface area contributed by atoms with Gasteiger partial charge in [0.1, 0.15) is 11.2 Å². The number of imide groups is 1. The Kier molecular flexibility index (Phi) is 8.86. The van der Waals surface area contributed by atoms with E-state index in [0.717, 1.165) is 10.5 Å². The standard InChI is InChI=1S/C30H39FN4O6/c1-29(2,3)40-27(37)34-22-17-39-15-14-20(22)32-25-24(31)19-16-35(28(38)41-30(4,5)6)26(36)23(19)21(33-25)13-12-18-10-8-7-9-11-18/h7-11,20,22H,12-17H2,1-6H3,(H,32,33)(H,34,37)/t20-,22+/m1/s1. The molecule has 2 aromatic rings. The number of hydrogen-bond donors (Lipinski definition) is 2. The molecular weight excluding hydrogens is 531 g/mol. The second kappa shape index (κ2) is 12.0. The molecule has 1 fully saturated rings. The van der Waals surface area contributed by atoms with Crippen molar-refractivity contribution in [3.05, 3.63) is 58.5 Å². The van der Waals surface area contributed by atoms with Crippen molar-refractivity contribution < 1.29 is 33.0 Å². The lowest BCUT2D eigenvalue weighted by atomic mass is 10.0. The number of amides is 3. The molecule has 2 aliphatic heterocycles. The molecule has 4 rings (SSSR count). The lowest BCUT2D eigenvalue weighted by Crippen LogP contribution is -2.53. The molecule has 0 saturated carbocycles. The normalized spacial score (nSPS) is 19.0. The second-order valence-electron chi connectivity index (χ2n) is 12.3. The average molecular weight is 571 g/mol. The summed E-state index contributed by atoms with van der Waals surface area (Å²) in [5.74, 6) is -1.40. The number of carbonyl (C=O) groups excluding carboxylic acids is 3. The van der Waals surface area contributed by atoms with Crippen LogP contribution in [0.4, 0.5) is 19.8 Å². The zero-order valence-electron chi connectivity index (χ0n) is 24.5. The van der Waals surface area contributed by atoms with Crippen molar-refractivity contribution in [3.8, 4) is 0 Å². The third-order valence-electron chi connectivity index (χ3n) is 6.57. The van der Waals surface area contributed by atoms with E-state index < -0.39 is 47.2 Å². The Labute approximate surface area is 239 Å². The number of carbonyl (C=O) groups is 3. The van der Waals surface area contributed by atoms with Crippen LogP contribution in [0.3, 0.4) is 0 Å². The van der Waals surface area contributed by atoms with Gasteiger partial charge in [-0.25, -0.2) is 23.9 Å². The van der Waals surface area contributed by atoms with Crippen LogP contribution in [0, 0.1) is 5.82 Å². The van der Waals surface area contributed by atoms with Gasteiger partial charge in [0.05, 0.1) is 36.5 Å². The van der Waals surface area contributed by atoms with E-state index in [1.165, 1.54) is 0 Å². The van der Waals surface area contributed by atoms with Crippen LogP contribution in [0.25, 0.3) is 0 Å². The third kappa shape index (κ3) is 7.72. The molecule has 1 aromatic heterocycles. The monoisotopic (exact) mass is 570 g/mol. The fourth-order valence-electron chi connectivity index (χ4n) is 4.77. The molecule has 3 heterocycles. The number of nitrogens with one attached hydrogen (secondary N) is 2. The zero-order valence-corrected chi connectivity index (χ0v) is 24.5. The summed E-state index contributed by atoms with van der Waals surface area (Å²) in [5.41, 5.74) is 0.0757. The number of halogens is 1. The maximum atomic E-state index is 16.0. The van der Waals surface area contributed by atoms with Gasteiger partial charge in [0.15, 0.2) is 11.6 Å². The van der Waals surface area contributed by atoms with E-state index in [-0.39, 0.29) is 30.1 Å². The van der Waals surface area contributed by atoms with Crippen LogP contribution in [0.15, 0.2) is 30.3 Å². The van der Waals surface area contributed by atoms with Gasteiger partial charge in [-0.05, 0) is 66.4 Å². The fraction of sp³-hybridized carbons (Fsp3) is 0.533. The Hall–Kier alpha value is -3.73. The van der Waals surface area contributed by atoms with Gasteiger partial charge in [-0.2, -0.15) is 0 Å².